The van der Waals surface area contributed by atoms with Crippen LogP contribution in [-0.2, 0) is 29.1 Å². The van der Waals surface area contributed by atoms with Crippen LogP contribution in [-0.4, -0.2) is 44.1 Å². The van der Waals surface area contributed by atoms with Gasteiger partial charge >= 0.3 is 17.8 Å². The van der Waals surface area contributed by atoms with Gasteiger partial charge in [-0.05, 0) is 24.1 Å². The molecule has 1 aliphatic heterocycles. The number of amides is 1. The van der Waals surface area contributed by atoms with Gasteiger partial charge in [0.15, 0.2) is 0 Å². The Hall–Kier alpha value is -3.85. The number of benzene rings is 1. The minimum atomic E-state index is -5.08. The van der Waals surface area contributed by atoms with Gasteiger partial charge in [-0.3, -0.25) is 14.3 Å². The number of nitrogens with two attached hydrogens (primary N) is 1. The normalized spacial score (nSPS) is 13.0. The zero-order valence-electron chi connectivity index (χ0n) is 18.9. The molecule has 0 bridgehead atoms. The molecule has 1 aromatic carbocycles. The van der Waals surface area contributed by atoms with Crippen LogP contribution in [0.3, 0.4) is 0 Å². The van der Waals surface area contributed by atoms with E-state index in [1.807, 2.05) is 35.7 Å². The largest absolute Gasteiger partial charge is 0.490 e. The molecule has 2 aromatic heterocycles. The Morgan fingerprint density at radius 1 is 1.16 bits per heavy atom. The van der Waals surface area contributed by atoms with Crippen molar-refractivity contribution >= 4 is 34.6 Å². The molecule has 3 N–H and O–H groups in total. The van der Waals surface area contributed by atoms with Gasteiger partial charge in [-0.1, -0.05) is 18.2 Å². The minimum Gasteiger partial charge on any atom is -0.475 e. The Bertz CT molecular complexity index is 1370. The molecule has 198 valence electrons. The molecule has 9 nitrogen and oxygen atoms in total. The molecule has 1 amide bonds. The summed E-state index contributed by atoms with van der Waals surface area (Å²) in [4.78, 5) is 36.5. The highest BCUT2D eigenvalue weighted by Gasteiger charge is 2.38. The van der Waals surface area contributed by atoms with Crippen molar-refractivity contribution in [1.29, 1.82) is 0 Å². The van der Waals surface area contributed by atoms with Crippen molar-refractivity contribution in [3.8, 4) is 0 Å². The van der Waals surface area contributed by atoms with Crippen molar-refractivity contribution in [2.75, 3.05) is 11.4 Å². The molecule has 0 spiro atoms. The number of aliphatic carboxylic acids is 1. The Labute approximate surface area is 209 Å². The van der Waals surface area contributed by atoms with E-state index in [1.165, 1.54) is 22.2 Å². The number of rotatable bonds is 6. The van der Waals surface area contributed by atoms with Crippen LogP contribution in [0.2, 0.25) is 0 Å². The van der Waals surface area contributed by atoms with Crippen molar-refractivity contribution in [1.82, 2.24) is 14.3 Å². The maximum atomic E-state index is 12.8. The molecule has 0 saturated carbocycles. The number of nitrogens with zero attached hydrogens (tertiary/aromatic N) is 4. The summed E-state index contributed by atoms with van der Waals surface area (Å²) >= 11 is 1.42. The van der Waals surface area contributed by atoms with Crippen LogP contribution in [0.15, 0.2) is 58.5 Å². The van der Waals surface area contributed by atoms with Crippen LogP contribution >= 0.6 is 11.3 Å². The Kier molecular flexibility index (Phi) is 8.60. The number of hydrogen-bond acceptors (Lipinski definition) is 6. The van der Waals surface area contributed by atoms with Gasteiger partial charge in [0.05, 0.1) is 24.5 Å². The van der Waals surface area contributed by atoms with Gasteiger partial charge in [0.25, 0.3) is 6.08 Å². The van der Waals surface area contributed by atoms with Gasteiger partial charge in [0.1, 0.15) is 6.33 Å². The van der Waals surface area contributed by atoms with Gasteiger partial charge in [0.2, 0.25) is 5.91 Å². The Morgan fingerprint density at radius 3 is 2.46 bits per heavy atom. The minimum absolute atomic E-state index is 0.0254. The first-order chi connectivity index (χ1) is 17.4. The quantitative estimate of drug-likeness (QED) is 0.457. The number of anilines is 2. The van der Waals surface area contributed by atoms with Crippen LogP contribution in [0.4, 0.5) is 33.3 Å². The summed E-state index contributed by atoms with van der Waals surface area (Å²) in [6.07, 6.45) is -4.51. The predicted octanol–water partition coefficient (Wildman–Crippen LogP) is 3.51. The smallest absolute Gasteiger partial charge is 0.475 e. The number of thiophene rings is 1. The zero-order chi connectivity index (χ0) is 27.3. The van der Waals surface area contributed by atoms with E-state index in [1.54, 1.807) is 4.90 Å². The third-order valence-electron chi connectivity index (χ3n) is 5.21. The van der Waals surface area contributed by atoms with Gasteiger partial charge in [0, 0.05) is 28.8 Å². The lowest BCUT2D eigenvalue weighted by Gasteiger charge is -2.28. The molecule has 3 heterocycles. The van der Waals surface area contributed by atoms with Crippen LogP contribution < -0.4 is 16.3 Å². The first-order valence-corrected chi connectivity index (χ1v) is 11.4. The van der Waals surface area contributed by atoms with Crippen LogP contribution in [0.5, 0.6) is 0 Å². The Balaban J connectivity index is 0.000000479. The molecule has 0 radical (unpaired) electrons. The van der Waals surface area contributed by atoms with Crippen LogP contribution in [0.1, 0.15) is 16.9 Å². The molecule has 1 aliphatic rings. The monoisotopic (exact) mass is 545 g/mol. The lowest BCUT2D eigenvalue weighted by atomic mass is 10.0. The molecular formula is C22H20F5N5O4S. The number of carboxylic acid groups (broad SMARTS) is 1. The van der Waals surface area contributed by atoms with Gasteiger partial charge in [-0.25, -0.2) is 14.3 Å². The highest BCUT2D eigenvalue weighted by molar-refractivity contribution is 7.10. The highest BCUT2D eigenvalue weighted by atomic mass is 32.1. The summed E-state index contributed by atoms with van der Waals surface area (Å²) in [6.45, 7) is -0.465. The highest BCUT2D eigenvalue weighted by Crippen LogP contribution is 2.36. The second kappa shape index (κ2) is 11.5. The topological polar surface area (TPSA) is 123 Å². The maximum absolute atomic E-state index is 12.8. The summed E-state index contributed by atoms with van der Waals surface area (Å²) < 4.78 is 59.6. The lowest BCUT2D eigenvalue weighted by molar-refractivity contribution is -0.192. The van der Waals surface area contributed by atoms with Gasteiger partial charge in [-0.2, -0.15) is 27.1 Å². The van der Waals surface area contributed by atoms with E-state index in [-0.39, 0.29) is 31.1 Å². The molecule has 0 aliphatic carbocycles. The molecule has 15 heteroatoms. The van der Waals surface area contributed by atoms with E-state index in [0.29, 0.717) is 6.42 Å². The second-order valence-corrected chi connectivity index (χ2v) is 8.69. The second-order valence-electron chi connectivity index (χ2n) is 7.70. The van der Waals surface area contributed by atoms with Gasteiger partial charge < -0.3 is 10.8 Å². The predicted molar refractivity (Wildman–Crippen MR) is 124 cm³/mol. The summed E-state index contributed by atoms with van der Waals surface area (Å²) in [6, 6.07) is 9.65. The number of fused-ring (bicyclic) bond motifs is 1. The number of hydrogen-bond donors (Lipinski definition) is 2. The average molecular weight is 545 g/mol. The van der Waals surface area contributed by atoms with Crippen LogP contribution in [0.25, 0.3) is 0 Å². The molecule has 0 saturated heterocycles. The fourth-order valence-corrected chi connectivity index (χ4v) is 4.27. The molecule has 0 atom stereocenters. The third kappa shape index (κ3) is 6.68. The van der Waals surface area contributed by atoms with E-state index >= 15 is 0 Å². The number of carbonyl (C=O) groups is 2. The first-order valence-electron chi connectivity index (χ1n) is 10.6. The number of aromatic nitrogens is 3. The van der Waals surface area contributed by atoms with E-state index in [2.05, 4.69) is 5.10 Å². The fraction of sp³-hybridized carbons (Fsp3) is 0.273. The summed E-state index contributed by atoms with van der Waals surface area (Å²) in [5.74, 6) is -2.73. The summed E-state index contributed by atoms with van der Waals surface area (Å²) in [5.41, 5.74) is 7.21. The molecular weight excluding hydrogens is 525 g/mol. The number of carboxylic acids is 1. The first kappa shape index (κ1) is 27.7. The number of alkyl halides is 3. The Morgan fingerprint density at radius 2 is 1.84 bits per heavy atom. The zero-order valence-corrected chi connectivity index (χ0v) is 19.7. The molecule has 0 unspecified atom stereocenters. The third-order valence-corrected chi connectivity index (χ3v) is 6.12. The van der Waals surface area contributed by atoms with Gasteiger partial charge in [-0.15, -0.1) is 11.3 Å². The average Bonchev–Trinajstić information content (AvgIpc) is 3.44. The molecule has 0 fully saturated rings. The number of halogens is 5. The molecule has 37 heavy (non-hydrogen) atoms. The van der Waals surface area contributed by atoms with Crippen LogP contribution in [0, 0.1) is 0 Å². The van der Waals surface area contributed by atoms with Crippen molar-refractivity contribution in [2.24, 2.45) is 5.73 Å². The van der Waals surface area contributed by atoms with Crippen molar-refractivity contribution in [3.63, 3.8) is 0 Å². The standard InChI is InChI=1S/C20H19F2N5O2S.C2HF3O2/c21-19(22)14(8-23)9-26-20(29)25(12-24-26)10-16-7-15(11-30-16)27-17-4-2-1-3-13(17)5-6-18(27)28;3-2(4,5)1(6)7/h1-4,7,11-12H,5-6,8-10,23H2;(H,6,7). The lowest BCUT2D eigenvalue weighted by Crippen LogP contribution is -2.30. The summed E-state index contributed by atoms with van der Waals surface area (Å²) in [5, 5.41) is 12.9. The van der Waals surface area contributed by atoms with Crippen molar-refractivity contribution in [3.05, 3.63) is 74.6 Å². The van der Waals surface area contributed by atoms with Crippen molar-refractivity contribution < 1.29 is 36.6 Å². The van der Waals surface area contributed by atoms with E-state index in [0.717, 1.165) is 32.9 Å². The van der Waals surface area contributed by atoms with E-state index < -0.39 is 23.9 Å². The van der Waals surface area contributed by atoms with E-state index in [4.69, 9.17) is 15.6 Å². The molecule has 4 rings (SSSR count). The number of aryl methyl sites for hydroxylation is 1. The number of para-hydroxylation sites is 1. The van der Waals surface area contributed by atoms with Crippen molar-refractivity contribution in [2.45, 2.75) is 32.1 Å². The fourth-order valence-electron chi connectivity index (χ4n) is 3.42. The maximum Gasteiger partial charge on any atom is 0.490 e. The molecule has 3 aromatic rings. The van der Waals surface area contributed by atoms with E-state index in [9.17, 15) is 31.5 Å². The summed E-state index contributed by atoms with van der Waals surface area (Å²) in [7, 11) is 0. The SMILES string of the molecule is NCC(Cn1ncn(Cc2cc(N3C(=O)CCc4ccccc43)cs2)c1=O)=C(F)F.O=C(O)C(F)(F)F. The number of carbonyl (C=O) groups excluding carboxylic acids is 1.